The molecular formula is C17H19NO2. The van der Waals surface area contributed by atoms with Crippen molar-refractivity contribution in [3.05, 3.63) is 53.6 Å². The molecule has 0 heterocycles. The highest BCUT2D eigenvalue weighted by atomic mass is 16.5. The van der Waals surface area contributed by atoms with Crippen molar-refractivity contribution in [1.82, 2.24) is 0 Å². The van der Waals surface area contributed by atoms with E-state index in [1.165, 1.54) is 6.92 Å². The molecule has 2 aromatic carbocycles. The van der Waals surface area contributed by atoms with Crippen molar-refractivity contribution in [3.63, 3.8) is 0 Å². The molecule has 2 N–H and O–H groups in total. The molecule has 0 bridgehead atoms. The van der Waals surface area contributed by atoms with E-state index in [0.29, 0.717) is 22.9 Å². The highest BCUT2D eigenvalue weighted by Crippen LogP contribution is 2.31. The quantitative estimate of drug-likeness (QED) is 0.661. The van der Waals surface area contributed by atoms with Gasteiger partial charge in [-0.25, -0.2) is 0 Å². The van der Waals surface area contributed by atoms with Gasteiger partial charge in [0, 0.05) is 17.3 Å². The first-order valence-electron chi connectivity index (χ1n) is 6.66. The zero-order valence-corrected chi connectivity index (χ0v) is 12.0. The number of Topliss-reactive ketones (excluding diaryl/α,β-unsaturated/α-hetero) is 1. The Labute approximate surface area is 119 Å². The van der Waals surface area contributed by atoms with E-state index in [4.69, 9.17) is 10.5 Å². The van der Waals surface area contributed by atoms with Gasteiger partial charge in [0.1, 0.15) is 11.5 Å². The molecule has 0 aliphatic rings. The van der Waals surface area contributed by atoms with Gasteiger partial charge >= 0.3 is 0 Å². The Bertz CT molecular complexity index is 633. The van der Waals surface area contributed by atoms with Crippen LogP contribution in [0.2, 0.25) is 0 Å². The van der Waals surface area contributed by atoms with Crippen LogP contribution < -0.4 is 10.5 Å². The molecule has 3 heteroatoms. The molecule has 3 nitrogen and oxygen atoms in total. The Kier molecular flexibility index (Phi) is 4.08. The zero-order valence-electron chi connectivity index (χ0n) is 12.0. The first-order valence-corrected chi connectivity index (χ1v) is 6.66. The largest absolute Gasteiger partial charge is 0.457 e. The summed E-state index contributed by atoms with van der Waals surface area (Å²) in [5.41, 5.74) is 7.98. The number of carbonyl (C=O) groups excluding carboxylic acids is 1. The van der Waals surface area contributed by atoms with Crippen LogP contribution in [0.1, 0.15) is 42.6 Å². The topological polar surface area (TPSA) is 52.3 Å². The average molecular weight is 269 g/mol. The number of hydrogen-bond acceptors (Lipinski definition) is 3. The molecule has 0 aliphatic heterocycles. The van der Waals surface area contributed by atoms with E-state index >= 15 is 0 Å². The molecule has 0 atom stereocenters. The summed E-state index contributed by atoms with van der Waals surface area (Å²) >= 11 is 0. The number of rotatable bonds is 4. The van der Waals surface area contributed by atoms with E-state index in [-0.39, 0.29) is 5.78 Å². The number of nitrogens with two attached hydrogens (primary N) is 1. The fourth-order valence-corrected chi connectivity index (χ4v) is 2.10. The summed E-state index contributed by atoms with van der Waals surface area (Å²) in [6.45, 7) is 5.74. The number of ether oxygens (including phenoxy) is 1. The van der Waals surface area contributed by atoms with Crippen LogP contribution in [0.25, 0.3) is 0 Å². The van der Waals surface area contributed by atoms with E-state index in [1.54, 1.807) is 18.2 Å². The Morgan fingerprint density at radius 1 is 1.15 bits per heavy atom. The standard InChI is InChI=1S/C17H19NO2/c1-11(2)14-6-4-5-7-17(14)20-13-8-9-15(12(3)19)16(18)10-13/h4-11H,18H2,1-3H3. The molecule has 104 valence electrons. The lowest BCUT2D eigenvalue weighted by molar-refractivity contribution is 0.101. The third kappa shape index (κ3) is 2.99. The number of ketones is 1. The van der Waals surface area contributed by atoms with Gasteiger partial charge in [-0.1, -0.05) is 32.0 Å². The second-order valence-corrected chi connectivity index (χ2v) is 5.10. The van der Waals surface area contributed by atoms with Crippen molar-refractivity contribution in [1.29, 1.82) is 0 Å². The molecule has 0 amide bonds. The molecular weight excluding hydrogens is 250 g/mol. The van der Waals surface area contributed by atoms with Gasteiger partial charge in [-0.3, -0.25) is 4.79 Å². The number of hydrogen-bond donors (Lipinski definition) is 1. The molecule has 0 unspecified atom stereocenters. The average Bonchev–Trinajstić information content (AvgIpc) is 2.38. The predicted octanol–water partition coefficient (Wildman–Crippen LogP) is 4.39. The van der Waals surface area contributed by atoms with Gasteiger partial charge in [-0.05, 0) is 36.6 Å². The van der Waals surface area contributed by atoms with Crippen LogP contribution in [-0.4, -0.2) is 5.78 Å². The maximum absolute atomic E-state index is 11.4. The van der Waals surface area contributed by atoms with Crippen LogP contribution in [0.4, 0.5) is 5.69 Å². The zero-order chi connectivity index (χ0) is 14.7. The summed E-state index contributed by atoms with van der Waals surface area (Å²) in [6.07, 6.45) is 0. The molecule has 0 saturated heterocycles. The lowest BCUT2D eigenvalue weighted by Gasteiger charge is -2.14. The minimum atomic E-state index is -0.0448. The summed E-state index contributed by atoms with van der Waals surface area (Å²) in [4.78, 5) is 11.4. The third-order valence-corrected chi connectivity index (χ3v) is 3.17. The normalized spacial score (nSPS) is 10.6. The highest BCUT2D eigenvalue weighted by Gasteiger charge is 2.10. The fourth-order valence-electron chi connectivity index (χ4n) is 2.10. The molecule has 0 aromatic heterocycles. The van der Waals surface area contributed by atoms with Crippen LogP contribution in [0.3, 0.4) is 0 Å². The Hall–Kier alpha value is -2.29. The highest BCUT2D eigenvalue weighted by molar-refractivity contribution is 5.99. The summed E-state index contributed by atoms with van der Waals surface area (Å²) in [7, 11) is 0. The van der Waals surface area contributed by atoms with E-state index < -0.39 is 0 Å². The summed E-state index contributed by atoms with van der Waals surface area (Å²) in [6, 6.07) is 13.1. The SMILES string of the molecule is CC(=O)c1ccc(Oc2ccccc2C(C)C)cc1N. The number of para-hydroxylation sites is 1. The molecule has 0 saturated carbocycles. The summed E-state index contributed by atoms with van der Waals surface area (Å²) in [5.74, 6) is 1.79. The van der Waals surface area contributed by atoms with Crippen molar-refractivity contribution in [3.8, 4) is 11.5 Å². The van der Waals surface area contributed by atoms with Gasteiger partial charge in [0.15, 0.2) is 5.78 Å². The summed E-state index contributed by atoms with van der Waals surface area (Å²) < 4.78 is 5.90. The minimum Gasteiger partial charge on any atom is -0.457 e. The van der Waals surface area contributed by atoms with Crippen LogP contribution in [0.15, 0.2) is 42.5 Å². The van der Waals surface area contributed by atoms with Crippen molar-refractivity contribution in [2.24, 2.45) is 0 Å². The number of anilines is 1. The van der Waals surface area contributed by atoms with E-state index in [2.05, 4.69) is 13.8 Å². The molecule has 0 fully saturated rings. The molecule has 2 rings (SSSR count). The molecule has 0 aliphatic carbocycles. The van der Waals surface area contributed by atoms with Crippen LogP contribution in [0, 0.1) is 0 Å². The smallest absolute Gasteiger partial charge is 0.161 e. The van der Waals surface area contributed by atoms with Gasteiger partial charge < -0.3 is 10.5 Å². The maximum atomic E-state index is 11.4. The van der Waals surface area contributed by atoms with Crippen molar-refractivity contribution in [2.45, 2.75) is 26.7 Å². The fraction of sp³-hybridized carbons (Fsp3) is 0.235. The first kappa shape index (κ1) is 14.1. The van der Waals surface area contributed by atoms with E-state index in [1.807, 2.05) is 24.3 Å². The first-order chi connectivity index (χ1) is 9.49. The van der Waals surface area contributed by atoms with Gasteiger partial charge in [0.2, 0.25) is 0 Å². The van der Waals surface area contributed by atoms with E-state index in [0.717, 1.165) is 11.3 Å². The number of benzene rings is 2. The Morgan fingerprint density at radius 2 is 1.85 bits per heavy atom. The molecule has 2 aromatic rings. The number of nitrogen functional groups attached to an aromatic ring is 1. The minimum absolute atomic E-state index is 0.0448. The Balaban J connectivity index is 2.31. The Morgan fingerprint density at radius 3 is 2.45 bits per heavy atom. The summed E-state index contributed by atoms with van der Waals surface area (Å²) in [5, 5.41) is 0. The van der Waals surface area contributed by atoms with Gasteiger partial charge in [-0.2, -0.15) is 0 Å². The van der Waals surface area contributed by atoms with Crippen LogP contribution in [0.5, 0.6) is 11.5 Å². The van der Waals surface area contributed by atoms with Crippen molar-refractivity contribution in [2.75, 3.05) is 5.73 Å². The second-order valence-electron chi connectivity index (χ2n) is 5.10. The van der Waals surface area contributed by atoms with Gasteiger partial charge in [0.05, 0.1) is 0 Å². The third-order valence-electron chi connectivity index (χ3n) is 3.17. The van der Waals surface area contributed by atoms with Crippen molar-refractivity contribution >= 4 is 11.5 Å². The second kappa shape index (κ2) is 5.78. The van der Waals surface area contributed by atoms with Gasteiger partial charge in [-0.15, -0.1) is 0 Å². The molecule has 20 heavy (non-hydrogen) atoms. The lowest BCUT2D eigenvalue weighted by Crippen LogP contribution is -2.00. The number of carbonyl (C=O) groups is 1. The molecule has 0 spiro atoms. The van der Waals surface area contributed by atoms with Crippen LogP contribution in [-0.2, 0) is 0 Å². The predicted molar refractivity (Wildman–Crippen MR) is 81.5 cm³/mol. The molecule has 0 radical (unpaired) electrons. The van der Waals surface area contributed by atoms with Crippen LogP contribution >= 0.6 is 0 Å². The lowest BCUT2D eigenvalue weighted by atomic mass is 10.0. The van der Waals surface area contributed by atoms with E-state index in [9.17, 15) is 4.79 Å². The maximum Gasteiger partial charge on any atom is 0.161 e. The van der Waals surface area contributed by atoms with Gasteiger partial charge in [0.25, 0.3) is 0 Å². The monoisotopic (exact) mass is 269 g/mol. The van der Waals surface area contributed by atoms with Crippen molar-refractivity contribution < 1.29 is 9.53 Å².